The number of rotatable bonds is 9. The van der Waals surface area contributed by atoms with Crippen molar-refractivity contribution in [3.63, 3.8) is 0 Å². The van der Waals surface area contributed by atoms with Crippen molar-refractivity contribution in [2.75, 3.05) is 40.5 Å². The summed E-state index contributed by atoms with van der Waals surface area (Å²) in [6, 6.07) is 0.852. The zero-order chi connectivity index (χ0) is 27.3. The number of ether oxygens (including phenoxy) is 2. The SMILES string of the molecule is C[Si](C)(C)C1CCCC1.[B][P+](C1C=CC=C([Si](C)(C)C)[CH-]1)(N1CCC[C@H]1COC)N1CCC[C@H]1COC.[CH3-].[Fe+2]. The largest absolute Gasteiger partial charge is 2.00 e. The molecule has 0 aromatic rings. The van der Waals surface area contributed by atoms with Gasteiger partial charge in [0.05, 0.1) is 38.4 Å². The molecule has 0 amide bonds. The average molecular weight is 634 g/mol. The number of hydrogen-bond donors (Lipinski definition) is 0. The summed E-state index contributed by atoms with van der Waals surface area (Å²) in [5, 5.41) is 1.53. The molecule has 2 aliphatic carbocycles. The van der Waals surface area contributed by atoms with Crippen molar-refractivity contribution in [1.29, 1.82) is 0 Å². The van der Waals surface area contributed by atoms with Gasteiger partial charge >= 0.3 is 24.6 Å². The van der Waals surface area contributed by atoms with E-state index in [9.17, 15) is 0 Å². The van der Waals surface area contributed by atoms with E-state index in [1.165, 1.54) is 56.6 Å². The Bertz CT molecular complexity index is 760. The molecule has 1 unspecified atom stereocenters. The quantitative estimate of drug-likeness (QED) is 0.147. The predicted molar refractivity (Wildman–Crippen MR) is 177 cm³/mol. The van der Waals surface area contributed by atoms with Crippen molar-refractivity contribution in [3.8, 4) is 0 Å². The molecule has 4 nitrogen and oxygen atoms in total. The van der Waals surface area contributed by atoms with Gasteiger partial charge < -0.3 is 16.9 Å². The van der Waals surface area contributed by atoms with E-state index in [4.69, 9.17) is 17.0 Å². The van der Waals surface area contributed by atoms with Gasteiger partial charge in [0.2, 0.25) is 0 Å². The zero-order valence-corrected chi connectivity index (χ0v) is 30.7. The third kappa shape index (κ3) is 9.56. The minimum atomic E-state index is -2.07. The molecule has 2 radical (unpaired) electrons. The molecule has 0 N–H and O–H groups in total. The van der Waals surface area contributed by atoms with Gasteiger partial charge in [-0.15, -0.1) is 6.08 Å². The summed E-state index contributed by atoms with van der Waals surface area (Å²) in [6.07, 6.45) is 20.3. The van der Waals surface area contributed by atoms with Crippen molar-refractivity contribution < 1.29 is 26.5 Å². The van der Waals surface area contributed by atoms with Crippen LogP contribution in [-0.4, -0.2) is 91.3 Å². The molecule has 0 aromatic carbocycles. The molecule has 9 heteroatoms. The Morgan fingerprint density at radius 1 is 0.872 bits per heavy atom. The van der Waals surface area contributed by atoms with Gasteiger partial charge in [-0.1, -0.05) is 71.0 Å². The second kappa shape index (κ2) is 16.5. The first-order chi connectivity index (χ1) is 17.4. The molecule has 0 aromatic heterocycles. The van der Waals surface area contributed by atoms with Crippen molar-refractivity contribution in [1.82, 2.24) is 9.34 Å². The molecular formula is C30H59BFeN2O2PSi2+. The maximum absolute atomic E-state index is 7.59. The average Bonchev–Trinajstić information content (AvgIpc) is 3.61. The van der Waals surface area contributed by atoms with Crippen molar-refractivity contribution >= 4 is 31.2 Å². The molecule has 0 spiro atoms. The molecule has 3 atom stereocenters. The van der Waals surface area contributed by atoms with Crippen LogP contribution in [-0.2, 0) is 26.5 Å². The second-order valence-corrected chi connectivity index (χ2v) is 27.4. The van der Waals surface area contributed by atoms with Gasteiger partial charge in [0.15, 0.2) is 0 Å². The Labute approximate surface area is 257 Å². The summed E-state index contributed by atoms with van der Waals surface area (Å²) >= 11 is 0. The van der Waals surface area contributed by atoms with Gasteiger partial charge in [-0.25, -0.2) is 11.3 Å². The standard InChI is InChI=1S/C21H38BN2O2PSi.C8H18Si.CH3.Fe/c1-25-16-18-9-7-13-23(18)27(22,24-14-8-10-19(24)17-26-2)20-11-6-12-21(15-20)28(3,4)5;1-9(2,3)8-6-4-5-7-8;;/h6,11-12,15,18-20H,7-10,13-14,16-17H2,1-5H3;8H,4-7H2,1-3H3;1H3;/q;;-1;+2/t18-,19-,20?;;;/m0.../s1. The Kier molecular flexibility index (Phi) is 15.9. The van der Waals surface area contributed by atoms with Gasteiger partial charge in [0.25, 0.3) is 0 Å². The van der Waals surface area contributed by atoms with Gasteiger partial charge in [-0.05, 0) is 31.2 Å². The number of allylic oxidation sites excluding steroid dienone is 4. The van der Waals surface area contributed by atoms with E-state index in [0.717, 1.165) is 31.8 Å². The van der Waals surface area contributed by atoms with E-state index in [1.807, 2.05) is 14.2 Å². The molecular weight excluding hydrogens is 574 g/mol. The molecule has 2 saturated heterocycles. The summed E-state index contributed by atoms with van der Waals surface area (Å²) in [5.74, 6) is 0. The molecule has 39 heavy (non-hydrogen) atoms. The first-order valence-electron chi connectivity index (χ1n) is 14.9. The van der Waals surface area contributed by atoms with Crippen molar-refractivity contribution in [2.24, 2.45) is 0 Å². The van der Waals surface area contributed by atoms with Crippen LogP contribution in [0.4, 0.5) is 0 Å². The van der Waals surface area contributed by atoms with Crippen LogP contribution in [0.1, 0.15) is 51.4 Å². The second-order valence-electron chi connectivity index (χ2n) is 13.8. The molecule has 0 bridgehead atoms. The van der Waals surface area contributed by atoms with E-state index in [1.54, 1.807) is 0 Å². The van der Waals surface area contributed by atoms with Crippen LogP contribution in [0.15, 0.2) is 23.4 Å². The Hall–Kier alpha value is 0.638. The van der Waals surface area contributed by atoms with E-state index < -0.39 is 23.6 Å². The van der Waals surface area contributed by atoms with Crippen LogP contribution >= 0.6 is 7.44 Å². The van der Waals surface area contributed by atoms with Crippen LogP contribution in [0.5, 0.6) is 0 Å². The van der Waals surface area contributed by atoms with Crippen LogP contribution in [0.3, 0.4) is 0 Å². The van der Waals surface area contributed by atoms with Crippen LogP contribution in [0.2, 0.25) is 44.8 Å². The topological polar surface area (TPSA) is 24.9 Å². The molecule has 2 heterocycles. The van der Waals surface area contributed by atoms with Crippen LogP contribution in [0.25, 0.3) is 0 Å². The predicted octanol–water partition coefficient (Wildman–Crippen LogP) is 7.80. The first kappa shape index (κ1) is 37.7. The van der Waals surface area contributed by atoms with E-state index >= 15 is 0 Å². The summed E-state index contributed by atoms with van der Waals surface area (Å²) in [4.78, 5) is 0. The third-order valence-corrected chi connectivity index (χ3v) is 18.0. The smallest absolute Gasteiger partial charge is 0.383 e. The van der Waals surface area contributed by atoms with Crippen molar-refractivity contribution in [3.05, 3.63) is 37.3 Å². The normalized spacial score (nSPS) is 26.8. The molecule has 4 aliphatic rings. The first-order valence-corrected chi connectivity index (χ1v) is 23.8. The fraction of sp³-hybridized carbons (Fsp3) is 0.800. The monoisotopic (exact) mass is 633 g/mol. The van der Waals surface area contributed by atoms with Crippen LogP contribution in [0, 0.1) is 13.8 Å². The van der Waals surface area contributed by atoms with Gasteiger partial charge in [0.1, 0.15) is 0 Å². The maximum Gasteiger partial charge on any atom is 2.00 e. The summed E-state index contributed by atoms with van der Waals surface area (Å²) in [7, 11) is 7.03. The summed E-state index contributed by atoms with van der Waals surface area (Å²) in [5.41, 5.74) is 1.44. The molecule has 224 valence electrons. The summed E-state index contributed by atoms with van der Waals surface area (Å²) in [6.45, 7) is 18.5. The molecule has 3 fully saturated rings. The zero-order valence-electron chi connectivity index (χ0n) is 26.7. The fourth-order valence-electron chi connectivity index (χ4n) is 6.79. The van der Waals surface area contributed by atoms with Gasteiger partial charge in [0, 0.05) is 43.5 Å². The maximum atomic E-state index is 7.59. The molecule has 4 rings (SSSR count). The molecule has 2 aliphatic heterocycles. The third-order valence-electron chi connectivity index (χ3n) is 9.05. The summed E-state index contributed by atoms with van der Waals surface area (Å²) < 4.78 is 16.5. The van der Waals surface area contributed by atoms with E-state index in [-0.39, 0.29) is 30.2 Å². The Balaban J connectivity index is 0.000000590. The number of methoxy groups -OCH3 is 2. The fourth-order valence-corrected chi connectivity index (χ4v) is 14.4. The van der Waals surface area contributed by atoms with Crippen molar-refractivity contribution in [2.45, 2.75) is 114 Å². The minimum Gasteiger partial charge on any atom is -0.383 e. The Morgan fingerprint density at radius 2 is 1.36 bits per heavy atom. The van der Waals surface area contributed by atoms with Gasteiger partial charge in [-0.2, -0.15) is 15.8 Å². The van der Waals surface area contributed by atoms with Gasteiger partial charge in [-0.3, -0.25) is 0 Å². The van der Waals surface area contributed by atoms with E-state index in [0.29, 0.717) is 12.1 Å². The number of hydrogen-bond acceptors (Lipinski definition) is 4. The minimum absolute atomic E-state index is 0. The number of nitrogens with zero attached hydrogens (tertiary/aromatic N) is 2. The Morgan fingerprint density at radius 3 is 1.74 bits per heavy atom. The van der Waals surface area contributed by atoms with E-state index in [2.05, 4.69) is 73.3 Å². The van der Waals surface area contributed by atoms with Crippen LogP contribution < -0.4 is 0 Å². The molecule has 1 saturated carbocycles.